The molecule has 1 atom stereocenters. The second-order valence-electron chi connectivity index (χ2n) is 3.66. The van der Waals surface area contributed by atoms with Gasteiger partial charge in [-0.3, -0.25) is 4.79 Å². The van der Waals surface area contributed by atoms with Gasteiger partial charge in [-0.2, -0.15) is 0 Å². The van der Waals surface area contributed by atoms with Gasteiger partial charge in [0, 0.05) is 25.1 Å². The molecule has 0 aliphatic heterocycles. The number of amides is 2. The van der Waals surface area contributed by atoms with Crippen LogP contribution in [0, 0.1) is 5.92 Å². The number of aliphatic hydroxyl groups is 1. The van der Waals surface area contributed by atoms with Crippen molar-refractivity contribution in [2.75, 3.05) is 13.2 Å². The molecule has 0 spiro atoms. The van der Waals surface area contributed by atoms with Crippen molar-refractivity contribution in [1.29, 1.82) is 0 Å². The number of carboxylic acid groups (broad SMARTS) is 1. The lowest BCUT2D eigenvalue weighted by molar-refractivity contribution is -0.138. The highest BCUT2D eigenvalue weighted by atomic mass is 16.4. The molecule has 0 saturated carbocycles. The molecule has 0 bridgehead atoms. The van der Waals surface area contributed by atoms with Crippen molar-refractivity contribution >= 4 is 12.0 Å². The summed E-state index contributed by atoms with van der Waals surface area (Å²) in [6.07, 6.45) is -0.154. The Kier molecular flexibility index (Phi) is 6.44. The fourth-order valence-electron chi connectivity index (χ4n) is 0.998. The zero-order valence-electron chi connectivity index (χ0n) is 8.99. The van der Waals surface area contributed by atoms with Gasteiger partial charge in [0.15, 0.2) is 0 Å². The van der Waals surface area contributed by atoms with Crippen LogP contribution in [0.4, 0.5) is 4.79 Å². The van der Waals surface area contributed by atoms with Crippen LogP contribution in [-0.2, 0) is 4.79 Å². The average molecular weight is 218 g/mol. The van der Waals surface area contributed by atoms with Gasteiger partial charge in [0.1, 0.15) is 0 Å². The number of hydrogen-bond donors (Lipinski definition) is 4. The fraction of sp³-hybridized carbons (Fsp3) is 0.778. The second kappa shape index (κ2) is 7.05. The smallest absolute Gasteiger partial charge is 0.314 e. The van der Waals surface area contributed by atoms with Crippen LogP contribution in [0.2, 0.25) is 0 Å². The van der Waals surface area contributed by atoms with Crippen molar-refractivity contribution in [2.45, 2.75) is 26.3 Å². The van der Waals surface area contributed by atoms with Gasteiger partial charge in [-0.25, -0.2) is 4.79 Å². The predicted octanol–water partition coefficient (Wildman–Crippen LogP) is -0.223. The summed E-state index contributed by atoms with van der Waals surface area (Å²) in [5, 5.41) is 22.4. The number of nitrogens with one attached hydrogen (secondary N) is 2. The Morgan fingerprint density at radius 1 is 1.33 bits per heavy atom. The van der Waals surface area contributed by atoms with Gasteiger partial charge in [-0.1, -0.05) is 0 Å². The molecule has 88 valence electrons. The first kappa shape index (κ1) is 13.7. The Morgan fingerprint density at radius 3 is 2.33 bits per heavy atom. The van der Waals surface area contributed by atoms with E-state index < -0.39 is 11.9 Å². The number of carbonyl (C=O) groups is 2. The average Bonchev–Trinajstić information content (AvgIpc) is 2.10. The third kappa shape index (κ3) is 7.75. The van der Waals surface area contributed by atoms with Gasteiger partial charge in [-0.15, -0.1) is 0 Å². The van der Waals surface area contributed by atoms with Crippen molar-refractivity contribution in [2.24, 2.45) is 5.92 Å². The number of rotatable bonds is 6. The molecular weight excluding hydrogens is 200 g/mol. The van der Waals surface area contributed by atoms with Crippen LogP contribution in [-0.4, -0.2) is 41.4 Å². The van der Waals surface area contributed by atoms with Gasteiger partial charge in [0.25, 0.3) is 0 Å². The third-order valence-electron chi connectivity index (χ3n) is 1.69. The normalized spacial score (nSPS) is 12.3. The first-order valence-corrected chi connectivity index (χ1v) is 4.82. The molecule has 0 fully saturated rings. The molecule has 0 aromatic carbocycles. The van der Waals surface area contributed by atoms with Gasteiger partial charge < -0.3 is 20.8 Å². The van der Waals surface area contributed by atoms with E-state index in [9.17, 15) is 9.59 Å². The lowest BCUT2D eigenvalue weighted by atomic mass is 10.1. The van der Waals surface area contributed by atoms with E-state index in [0.717, 1.165) is 0 Å². The SMILES string of the molecule is CC(C)NC(=O)NCC(CO)CC(=O)O. The largest absolute Gasteiger partial charge is 0.481 e. The predicted molar refractivity (Wildman–Crippen MR) is 54.5 cm³/mol. The second-order valence-corrected chi connectivity index (χ2v) is 3.66. The summed E-state index contributed by atoms with van der Waals surface area (Å²) in [6, 6.07) is -0.328. The Labute approximate surface area is 88.7 Å². The minimum Gasteiger partial charge on any atom is -0.481 e. The molecule has 0 aliphatic carbocycles. The first-order chi connectivity index (χ1) is 6.95. The van der Waals surface area contributed by atoms with E-state index in [1.54, 1.807) is 0 Å². The Balaban J connectivity index is 3.79. The minimum absolute atomic E-state index is 0.0250. The summed E-state index contributed by atoms with van der Waals surface area (Å²) < 4.78 is 0. The number of urea groups is 1. The van der Waals surface area contributed by atoms with Gasteiger partial charge in [0.2, 0.25) is 0 Å². The highest BCUT2D eigenvalue weighted by Gasteiger charge is 2.13. The van der Waals surface area contributed by atoms with Crippen LogP contribution >= 0.6 is 0 Å². The quantitative estimate of drug-likeness (QED) is 0.495. The summed E-state index contributed by atoms with van der Waals surface area (Å²) >= 11 is 0. The van der Waals surface area contributed by atoms with Crippen LogP contribution in [0.3, 0.4) is 0 Å². The molecule has 2 amide bonds. The van der Waals surface area contributed by atoms with E-state index >= 15 is 0 Å². The van der Waals surface area contributed by atoms with E-state index in [-0.39, 0.29) is 31.6 Å². The number of carboxylic acids is 1. The molecule has 15 heavy (non-hydrogen) atoms. The molecule has 0 radical (unpaired) electrons. The van der Waals surface area contributed by atoms with Crippen molar-refractivity contribution in [3.8, 4) is 0 Å². The van der Waals surface area contributed by atoms with Gasteiger partial charge in [0.05, 0.1) is 6.42 Å². The van der Waals surface area contributed by atoms with Crippen molar-refractivity contribution in [3.63, 3.8) is 0 Å². The monoisotopic (exact) mass is 218 g/mol. The number of aliphatic carboxylic acids is 1. The van der Waals surface area contributed by atoms with E-state index in [1.807, 2.05) is 13.8 Å². The number of carbonyl (C=O) groups excluding carboxylic acids is 1. The molecule has 0 aromatic rings. The van der Waals surface area contributed by atoms with E-state index in [4.69, 9.17) is 10.2 Å². The van der Waals surface area contributed by atoms with Crippen LogP contribution < -0.4 is 10.6 Å². The molecule has 1 unspecified atom stereocenters. The van der Waals surface area contributed by atoms with E-state index in [2.05, 4.69) is 10.6 Å². The van der Waals surface area contributed by atoms with E-state index in [1.165, 1.54) is 0 Å². The van der Waals surface area contributed by atoms with Gasteiger partial charge >= 0.3 is 12.0 Å². The van der Waals surface area contributed by atoms with Crippen LogP contribution in [0.1, 0.15) is 20.3 Å². The van der Waals surface area contributed by atoms with Crippen LogP contribution in [0.15, 0.2) is 0 Å². The van der Waals surface area contributed by atoms with Crippen molar-refractivity contribution < 1.29 is 19.8 Å². The molecule has 0 aromatic heterocycles. The highest BCUT2D eigenvalue weighted by molar-refractivity contribution is 5.74. The lowest BCUT2D eigenvalue weighted by Gasteiger charge is -2.14. The maximum atomic E-state index is 11.1. The Hall–Kier alpha value is -1.30. The van der Waals surface area contributed by atoms with Crippen LogP contribution in [0.25, 0.3) is 0 Å². The summed E-state index contributed by atoms with van der Waals surface area (Å²) in [7, 11) is 0. The first-order valence-electron chi connectivity index (χ1n) is 4.82. The van der Waals surface area contributed by atoms with Crippen LogP contribution in [0.5, 0.6) is 0 Å². The fourth-order valence-corrected chi connectivity index (χ4v) is 0.998. The summed E-state index contributed by atoms with van der Waals surface area (Å²) in [4.78, 5) is 21.5. The molecule has 0 saturated heterocycles. The summed E-state index contributed by atoms with van der Waals surface area (Å²) in [6.45, 7) is 3.54. The van der Waals surface area contributed by atoms with Gasteiger partial charge in [-0.05, 0) is 13.8 Å². The van der Waals surface area contributed by atoms with Crippen molar-refractivity contribution in [3.05, 3.63) is 0 Å². The van der Waals surface area contributed by atoms with Crippen molar-refractivity contribution in [1.82, 2.24) is 10.6 Å². The zero-order chi connectivity index (χ0) is 11.8. The van der Waals surface area contributed by atoms with E-state index in [0.29, 0.717) is 0 Å². The third-order valence-corrected chi connectivity index (χ3v) is 1.69. The maximum Gasteiger partial charge on any atom is 0.314 e. The molecule has 4 N–H and O–H groups in total. The standard InChI is InChI=1S/C9H18N2O4/c1-6(2)11-9(15)10-4-7(5-12)3-8(13)14/h6-7,12H,3-5H2,1-2H3,(H,13,14)(H2,10,11,15). The molecular formula is C9H18N2O4. The molecule has 0 rings (SSSR count). The topological polar surface area (TPSA) is 98.7 Å². The summed E-state index contributed by atoms with van der Waals surface area (Å²) in [5.41, 5.74) is 0. The Bertz CT molecular complexity index is 218. The number of aliphatic hydroxyl groups excluding tert-OH is 1. The molecule has 6 nitrogen and oxygen atoms in total. The zero-order valence-corrected chi connectivity index (χ0v) is 8.99. The maximum absolute atomic E-state index is 11.1. The summed E-state index contributed by atoms with van der Waals surface area (Å²) in [5.74, 6) is -1.43. The molecule has 0 aliphatic rings. The minimum atomic E-state index is -0.986. The molecule has 0 heterocycles. The Morgan fingerprint density at radius 2 is 1.93 bits per heavy atom. The number of hydrogen-bond acceptors (Lipinski definition) is 3. The molecule has 6 heteroatoms. The lowest BCUT2D eigenvalue weighted by Crippen LogP contribution is -2.42. The highest BCUT2D eigenvalue weighted by Crippen LogP contribution is 1.99.